The molecule has 0 aliphatic heterocycles. The first-order chi connectivity index (χ1) is 16.0. The number of nitrogens with zero attached hydrogens (tertiary/aromatic N) is 3. The van der Waals surface area contributed by atoms with Crippen molar-refractivity contribution >= 4 is 0 Å². The molecule has 0 amide bonds. The van der Waals surface area contributed by atoms with Gasteiger partial charge in [-0.1, -0.05) is 6.07 Å². The van der Waals surface area contributed by atoms with Crippen molar-refractivity contribution in [2.45, 2.75) is 0 Å². The molecule has 4 rings (SSSR count). The van der Waals surface area contributed by atoms with E-state index in [0.717, 1.165) is 29.4 Å². The van der Waals surface area contributed by atoms with Gasteiger partial charge in [-0.2, -0.15) is 0 Å². The molecular weight excluding hydrogens is 418 g/mol. The normalized spacial score (nSPS) is 10.9. The fraction of sp³-hybridized carbons (Fsp3) is 0.192. The third-order valence-electron chi connectivity index (χ3n) is 5.09. The maximum Gasteiger partial charge on any atom is 0.337 e. The Balaban J connectivity index is 1.46. The monoisotopic (exact) mass is 445 g/mol. The molecule has 0 N–H and O–H groups in total. The number of benzene rings is 3. The zero-order valence-electron chi connectivity index (χ0n) is 19.0. The largest absolute Gasteiger partial charge is 0.497 e. The van der Waals surface area contributed by atoms with E-state index in [1.807, 2.05) is 86.9 Å². The van der Waals surface area contributed by atoms with Crippen LogP contribution in [-0.2, 0) is 0 Å². The van der Waals surface area contributed by atoms with Crippen LogP contribution in [0.25, 0.3) is 11.4 Å². The van der Waals surface area contributed by atoms with E-state index in [4.69, 9.17) is 14.2 Å². The summed E-state index contributed by atoms with van der Waals surface area (Å²) in [5.41, 5.74) is 1.37. The molecule has 0 saturated carbocycles. The lowest BCUT2D eigenvalue weighted by Gasteiger charge is -2.11. The third kappa shape index (κ3) is 5.45. The highest BCUT2D eigenvalue weighted by Crippen LogP contribution is 2.25. The van der Waals surface area contributed by atoms with E-state index in [1.54, 1.807) is 28.6 Å². The van der Waals surface area contributed by atoms with Crippen molar-refractivity contribution in [3.63, 3.8) is 0 Å². The molecule has 7 heteroatoms. The number of aromatic nitrogens is 2. The van der Waals surface area contributed by atoms with Crippen molar-refractivity contribution in [2.24, 2.45) is 0 Å². The summed E-state index contributed by atoms with van der Waals surface area (Å²) in [6.45, 7) is 1.45. The summed E-state index contributed by atoms with van der Waals surface area (Å²) in [5.74, 6) is 2.86. The fourth-order valence-corrected chi connectivity index (χ4v) is 3.29. The highest BCUT2D eigenvalue weighted by atomic mass is 16.5. The number of rotatable bonds is 9. The Morgan fingerprint density at radius 1 is 0.758 bits per heavy atom. The highest BCUT2D eigenvalue weighted by molar-refractivity contribution is 5.42. The van der Waals surface area contributed by atoms with Gasteiger partial charge in [-0.25, -0.2) is 4.79 Å². The summed E-state index contributed by atoms with van der Waals surface area (Å²) in [4.78, 5) is 15.1. The molecule has 0 aliphatic rings. The van der Waals surface area contributed by atoms with Crippen LogP contribution in [0.5, 0.6) is 23.0 Å². The van der Waals surface area contributed by atoms with Gasteiger partial charge < -0.3 is 19.1 Å². The molecule has 0 radical (unpaired) electrons. The molecule has 170 valence electrons. The minimum absolute atomic E-state index is 0.155. The molecule has 0 bridgehead atoms. The number of imidazole rings is 1. The number of hydrogen-bond acceptors (Lipinski definition) is 5. The van der Waals surface area contributed by atoms with Gasteiger partial charge in [0.05, 0.1) is 18.5 Å². The zero-order valence-corrected chi connectivity index (χ0v) is 19.0. The van der Waals surface area contributed by atoms with Crippen molar-refractivity contribution in [2.75, 3.05) is 34.4 Å². The van der Waals surface area contributed by atoms with Crippen LogP contribution in [0, 0.1) is 0 Å². The molecule has 7 nitrogen and oxygen atoms in total. The predicted octanol–water partition coefficient (Wildman–Crippen LogP) is 4.37. The molecule has 3 aromatic carbocycles. The summed E-state index contributed by atoms with van der Waals surface area (Å²) >= 11 is 0. The molecule has 0 atom stereocenters. The Morgan fingerprint density at radius 3 is 1.91 bits per heavy atom. The fourth-order valence-electron chi connectivity index (χ4n) is 3.29. The molecule has 4 aromatic rings. The van der Waals surface area contributed by atoms with Crippen LogP contribution in [0.1, 0.15) is 0 Å². The van der Waals surface area contributed by atoms with Gasteiger partial charge in [-0.05, 0) is 74.8 Å². The van der Waals surface area contributed by atoms with Crippen molar-refractivity contribution in [3.8, 4) is 34.4 Å². The van der Waals surface area contributed by atoms with Gasteiger partial charge in [-0.3, -0.25) is 9.13 Å². The van der Waals surface area contributed by atoms with Crippen LogP contribution in [0.3, 0.4) is 0 Å². The van der Waals surface area contributed by atoms with E-state index in [2.05, 4.69) is 4.90 Å². The first-order valence-corrected chi connectivity index (χ1v) is 10.6. The molecular formula is C26H27N3O4. The summed E-state index contributed by atoms with van der Waals surface area (Å²) in [6, 6.07) is 22.3. The van der Waals surface area contributed by atoms with Crippen molar-refractivity contribution in [3.05, 3.63) is 95.7 Å². The first-order valence-electron chi connectivity index (χ1n) is 10.6. The number of ether oxygens (including phenoxy) is 3. The topological polar surface area (TPSA) is 57.9 Å². The molecule has 1 aromatic heterocycles. The molecule has 33 heavy (non-hydrogen) atoms. The molecule has 0 aliphatic carbocycles. The Labute approximate surface area is 193 Å². The van der Waals surface area contributed by atoms with E-state index >= 15 is 0 Å². The third-order valence-corrected chi connectivity index (χ3v) is 5.09. The van der Waals surface area contributed by atoms with Gasteiger partial charge in [0.2, 0.25) is 0 Å². The highest BCUT2D eigenvalue weighted by Gasteiger charge is 2.08. The number of methoxy groups -OCH3 is 1. The van der Waals surface area contributed by atoms with Crippen molar-refractivity contribution in [1.82, 2.24) is 14.0 Å². The van der Waals surface area contributed by atoms with Gasteiger partial charge in [0, 0.05) is 25.0 Å². The quantitative estimate of drug-likeness (QED) is 0.383. The molecule has 0 fully saturated rings. The van der Waals surface area contributed by atoms with E-state index in [-0.39, 0.29) is 5.69 Å². The molecule has 0 spiro atoms. The minimum Gasteiger partial charge on any atom is -0.497 e. The summed E-state index contributed by atoms with van der Waals surface area (Å²) in [5, 5.41) is 0. The lowest BCUT2D eigenvalue weighted by atomic mass is 10.3. The lowest BCUT2D eigenvalue weighted by molar-refractivity contribution is 0.261. The summed E-state index contributed by atoms with van der Waals surface area (Å²) < 4.78 is 20.0. The SMILES string of the molecule is COc1cccc(Oc2ccc(-n3ccn(-c4ccc(OCCN(C)C)cc4)c3=O)cc2)c1. The van der Waals surface area contributed by atoms with Crippen LogP contribution in [0.2, 0.25) is 0 Å². The summed E-state index contributed by atoms with van der Waals surface area (Å²) in [6.07, 6.45) is 3.51. The predicted molar refractivity (Wildman–Crippen MR) is 128 cm³/mol. The Bertz CT molecular complexity index is 1240. The average molecular weight is 446 g/mol. The van der Waals surface area contributed by atoms with Crippen LogP contribution < -0.4 is 19.9 Å². The second-order valence-electron chi connectivity index (χ2n) is 7.74. The minimum atomic E-state index is -0.155. The zero-order chi connectivity index (χ0) is 23.2. The maximum atomic E-state index is 13.0. The lowest BCUT2D eigenvalue weighted by Crippen LogP contribution is -2.21. The van der Waals surface area contributed by atoms with Crippen molar-refractivity contribution < 1.29 is 14.2 Å². The van der Waals surface area contributed by atoms with E-state index < -0.39 is 0 Å². The molecule has 1 heterocycles. The average Bonchev–Trinajstić information content (AvgIpc) is 3.21. The van der Waals surface area contributed by atoms with Crippen LogP contribution in [0.4, 0.5) is 0 Å². The van der Waals surface area contributed by atoms with Crippen LogP contribution in [-0.4, -0.2) is 48.4 Å². The van der Waals surface area contributed by atoms with Crippen molar-refractivity contribution in [1.29, 1.82) is 0 Å². The van der Waals surface area contributed by atoms with Gasteiger partial charge in [0.25, 0.3) is 0 Å². The molecule has 0 saturated heterocycles. The Morgan fingerprint density at radius 2 is 1.33 bits per heavy atom. The van der Waals surface area contributed by atoms with E-state index in [0.29, 0.717) is 18.1 Å². The number of hydrogen-bond donors (Lipinski definition) is 0. The van der Waals surface area contributed by atoms with Gasteiger partial charge in [0.1, 0.15) is 29.6 Å². The van der Waals surface area contributed by atoms with Gasteiger partial charge in [0.15, 0.2) is 0 Å². The van der Waals surface area contributed by atoms with E-state index in [1.165, 1.54) is 0 Å². The van der Waals surface area contributed by atoms with Gasteiger partial charge >= 0.3 is 5.69 Å². The first kappa shape index (κ1) is 22.2. The van der Waals surface area contributed by atoms with Gasteiger partial charge in [-0.15, -0.1) is 0 Å². The second-order valence-corrected chi connectivity index (χ2v) is 7.74. The maximum absolute atomic E-state index is 13.0. The second kappa shape index (κ2) is 10.1. The standard InChI is InChI=1S/C26H27N3O4/c1-27(2)17-18-32-22-11-7-20(8-12-22)28-15-16-29(26(28)30)21-9-13-23(14-10-21)33-25-6-4-5-24(19-25)31-3/h4-16,19H,17-18H2,1-3H3. The van der Waals surface area contributed by atoms with Crippen LogP contribution in [0.15, 0.2) is 90.0 Å². The smallest absolute Gasteiger partial charge is 0.337 e. The Hall–Kier alpha value is -3.97. The summed E-state index contributed by atoms with van der Waals surface area (Å²) in [7, 11) is 5.63. The number of likely N-dealkylation sites (N-methyl/N-ethyl adjacent to an activating group) is 1. The Kier molecular flexibility index (Phi) is 6.80. The van der Waals surface area contributed by atoms with Crippen LogP contribution >= 0.6 is 0 Å². The molecule has 0 unspecified atom stereocenters. The van der Waals surface area contributed by atoms with E-state index in [9.17, 15) is 4.79 Å².